The molecule has 1 aliphatic rings. The number of halogens is 1. The summed E-state index contributed by atoms with van der Waals surface area (Å²) in [5.74, 6) is -0.585. The van der Waals surface area contributed by atoms with Gasteiger partial charge in [0.1, 0.15) is 0 Å². The zero-order chi connectivity index (χ0) is 14.7. The van der Waals surface area contributed by atoms with Crippen molar-refractivity contribution in [3.05, 3.63) is 33.8 Å². The van der Waals surface area contributed by atoms with Crippen LogP contribution in [-0.4, -0.2) is 17.9 Å². The van der Waals surface area contributed by atoms with Crippen LogP contribution in [0.5, 0.6) is 0 Å². The van der Waals surface area contributed by atoms with Gasteiger partial charge in [-0.15, -0.1) is 0 Å². The van der Waals surface area contributed by atoms with Crippen LogP contribution in [0.2, 0.25) is 0 Å². The summed E-state index contributed by atoms with van der Waals surface area (Å²) in [7, 11) is 0. The van der Waals surface area contributed by atoms with Crippen LogP contribution in [0.4, 0.5) is 0 Å². The van der Waals surface area contributed by atoms with Gasteiger partial charge < -0.3 is 11.1 Å². The molecule has 0 radical (unpaired) electrons. The summed E-state index contributed by atoms with van der Waals surface area (Å²) in [5, 5.41) is 2.95. The van der Waals surface area contributed by atoms with Crippen molar-refractivity contribution >= 4 is 27.7 Å². The Morgan fingerprint density at radius 3 is 2.85 bits per heavy atom. The first-order valence-corrected chi connectivity index (χ1v) is 7.61. The van der Waals surface area contributed by atoms with E-state index >= 15 is 0 Å². The quantitative estimate of drug-likeness (QED) is 0.881. The molecule has 108 valence electrons. The molecule has 0 bridgehead atoms. The summed E-state index contributed by atoms with van der Waals surface area (Å²) < 4.78 is 0.999. The van der Waals surface area contributed by atoms with Crippen LogP contribution in [-0.2, 0) is 16.0 Å². The standard InChI is InChI=1S/C15H19BrN2O2/c1-9-10(4-2-6-12(9)16)8-14(19)18-13-7-3-5-11(13)15(17)20/h2,4,6,11,13H,3,5,7-8H2,1H3,(H2,17,20)(H,18,19). The van der Waals surface area contributed by atoms with Crippen molar-refractivity contribution in [3.63, 3.8) is 0 Å². The Morgan fingerprint density at radius 1 is 1.40 bits per heavy atom. The Kier molecular flexibility index (Phi) is 4.81. The molecule has 2 rings (SSSR count). The summed E-state index contributed by atoms with van der Waals surface area (Å²) >= 11 is 3.46. The second kappa shape index (κ2) is 6.39. The summed E-state index contributed by atoms with van der Waals surface area (Å²) in [6.07, 6.45) is 2.87. The number of carbonyl (C=O) groups excluding carboxylic acids is 2. The molecular weight excluding hydrogens is 320 g/mol. The monoisotopic (exact) mass is 338 g/mol. The highest BCUT2D eigenvalue weighted by atomic mass is 79.9. The van der Waals surface area contributed by atoms with Crippen LogP contribution in [0, 0.1) is 12.8 Å². The highest BCUT2D eigenvalue weighted by Crippen LogP contribution is 2.25. The fraction of sp³-hybridized carbons (Fsp3) is 0.467. The lowest BCUT2D eigenvalue weighted by Crippen LogP contribution is -2.42. The largest absolute Gasteiger partial charge is 0.369 e. The highest BCUT2D eigenvalue weighted by molar-refractivity contribution is 9.10. The maximum atomic E-state index is 12.1. The number of rotatable bonds is 4. The molecule has 0 spiro atoms. The molecule has 0 aromatic heterocycles. The second-order valence-corrected chi connectivity index (χ2v) is 6.17. The minimum Gasteiger partial charge on any atom is -0.369 e. The third kappa shape index (κ3) is 3.39. The number of amides is 2. The molecule has 2 atom stereocenters. The molecule has 1 aliphatic carbocycles. The van der Waals surface area contributed by atoms with Crippen molar-refractivity contribution < 1.29 is 9.59 Å². The predicted octanol–water partition coefficient (Wildman–Crippen LogP) is 2.07. The fourth-order valence-corrected chi connectivity index (χ4v) is 3.16. The fourth-order valence-electron chi connectivity index (χ4n) is 2.75. The summed E-state index contributed by atoms with van der Waals surface area (Å²) in [5.41, 5.74) is 7.43. The van der Waals surface area contributed by atoms with Crippen LogP contribution < -0.4 is 11.1 Å². The Hall–Kier alpha value is -1.36. The smallest absolute Gasteiger partial charge is 0.224 e. The average Bonchev–Trinajstić information content (AvgIpc) is 2.83. The molecule has 1 aromatic rings. The van der Waals surface area contributed by atoms with E-state index in [4.69, 9.17) is 5.73 Å². The lowest BCUT2D eigenvalue weighted by Gasteiger charge is -2.18. The number of carbonyl (C=O) groups is 2. The number of hydrogen-bond donors (Lipinski definition) is 2. The average molecular weight is 339 g/mol. The van der Waals surface area contributed by atoms with E-state index in [1.54, 1.807) is 0 Å². The lowest BCUT2D eigenvalue weighted by molar-refractivity contribution is -0.124. The number of benzene rings is 1. The number of nitrogens with two attached hydrogens (primary N) is 1. The first-order valence-electron chi connectivity index (χ1n) is 6.81. The van der Waals surface area contributed by atoms with Crippen LogP contribution >= 0.6 is 15.9 Å². The van der Waals surface area contributed by atoms with Crippen LogP contribution in [0.3, 0.4) is 0 Å². The third-order valence-electron chi connectivity index (χ3n) is 3.96. The van der Waals surface area contributed by atoms with Crippen molar-refractivity contribution in [2.75, 3.05) is 0 Å². The van der Waals surface area contributed by atoms with Gasteiger partial charge in [-0.1, -0.05) is 34.5 Å². The maximum Gasteiger partial charge on any atom is 0.224 e. The van der Waals surface area contributed by atoms with Crippen LogP contribution in [0.25, 0.3) is 0 Å². The van der Waals surface area contributed by atoms with E-state index in [0.29, 0.717) is 6.42 Å². The van der Waals surface area contributed by atoms with Crippen molar-refractivity contribution in [2.45, 2.75) is 38.6 Å². The van der Waals surface area contributed by atoms with E-state index in [-0.39, 0.29) is 23.8 Å². The van der Waals surface area contributed by atoms with Gasteiger partial charge in [-0.25, -0.2) is 0 Å². The van der Waals surface area contributed by atoms with Gasteiger partial charge in [0, 0.05) is 10.5 Å². The Labute approximate surface area is 127 Å². The molecule has 1 fully saturated rings. The van der Waals surface area contributed by atoms with E-state index in [2.05, 4.69) is 21.2 Å². The Bertz CT molecular complexity index is 531. The normalized spacial score (nSPS) is 21.7. The molecule has 2 unspecified atom stereocenters. The minimum atomic E-state index is -0.313. The van der Waals surface area contributed by atoms with Gasteiger partial charge >= 0.3 is 0 Å². The van der Waals surface area contributed by atoms with Gasteiger partial charge in [-0.3, -0.25) is 9.59 Å². The predicted molar refractivity (Wildman–Crippen MR) is 81.0 cm³/mol. The van der Waals surface area contributed by atoms with Crippen molar-refractivity contribution in [3.8, 4) is 0 Å². The van der Waals surface area contributed by atoms with Gasteiger partial charge in [0.25, 0.3) is 0 Å². The number of hydrogen-bond acceptors (Lipinski definition) is 2. The van der Waals surface area contributed by atoms with Crippen molar-refractivity contribution in [1.82, 2.24) is 5.32 Å². The summed E-state index contributed by atoms with van der Waals surface area (Å²) in [6, 6.07) is 5.71. The van der Waals surface area contributed by atoms with E-state index in [1.807, 2.05) is 25.1 Å². The Balaban J connectivity index is 1.99. The van der Waals surface area contributed by atoms with E-state index in [9.17, 15) is 9.59 Å². The second-order valence-electron chi connectivity index (χ2n) is 5.31. The topological polar surface area (TPSA) is 72.2 Å². The zero-order valence-electron chi connectivity index (χ0n) is 11.5. The van der Waals surface area contributed by atoms with Gasteiger partial charge in [0.15, 0.2) is 0 Å². The van der Waals surface area contributed by atoms with E-state index in [1.165, 1.54) is 0 Å². The first kappa shape index (κ1) is 15.0. The molecule has 4 nitrogen and oxygen atoms in total. The molecular formula is C15H19BrN2O2. The number of nitrogens with one attached hydrogen (secondary N) is 1. The van der Waals surface area contributed by atoms with Gasteiger partial charge in [0.2, 0.25) is 11.8 Å². The summed E-state index contributed by atoms with van der Waals surface area (Å²) in [6.45, 7) is 1.98. The van der Waals surface area contributed by atoms with Gasteiger partial charge in [0.05, 0.1) is 12.3 Å². The Morgan fingerprint density at radius 2 is 2.15 bits per heavy atom. The molecule has 20 heavy (non-hydrogen) atoms. The van der Waals surface area contributed by atoms with Crippen LogP contribution in [0.1, 0.15) is 30.4 Å². The highest BCUT2D eigenvalue weighted by Gasteiger charge is 2.32. The minimum absolute atomic E-state index is 0.0515. The van der Waals surface area contributed by atoms with Crippen LogP contribution in [0.15, 0.2) is 22.7 Å². The molecule has 3 N–H and O–H groups in total. The molecule has 1 saturated carbocycles. The SMILES string of the molecule is Cc1c(Br)cccc1CC(=O)NC1CCCC1C(N)=O. The molecule has 2 amide bonds. The van der Waals surface area contributed by atoms with Crippen molar-refractivity contribution in [1.29, 1.82) is 0 Å². The number of primary amides is 1. The first-order chi connectivity index (χ1) is 9.49. The molecule has 1 aromatic carbocycles. The maximum absolute atomic E-state index is 12.1. The zero-order valence-corrected chi connectivity index (χ0v) is 13.1. The van der Waals surface area contributed by atoms with Crippen molar-refractivity contribution in [2.24, 2.45) is 11.7 Å². The molecule has 0 aliphatic heterocycles. The van der Waals surface area contributed by atoms with E-state index < -0.39 is 0 Å². The molecule has 0 saturated heterocycles. The molecule has 0 heterocycles. The van der Waals surface area contributed by atoms with Gasteiger partial charge in [-0.2, -0.15) is 0 Å². The summed E-state index contributed by atoms with van der Waals surface area (Å²) in [4.78, 5) is 23.4. The van der Waals surface area contributed by atoms with Gasteiger partial charge in [-0.05, 0) is 37.0 Å². The van der Waals surface area contributed by atoms with E-state index in [0.717, 1.165) is 34.9 Å². The third-order valence-corrected chi connectivity index (χ3v) is 4.82. The molecule has 5 heteroatoms. The lowest BCUT2D eigenvalue weighted by atomic mass is 10.0.